The van der Waals surface area contributed by atoms with Crippen molar-refractivity contribution in [1.82, 2.24) is 9.78 Å². The Labute approximate surface area is 106 Å². The first-order valence-electron chi connectivity index (χ1n) is 4.85. The molecule has 0 saturated heterocycles. The van der Waals surface area contributed by atoms with E-state index in [2.05, 4.69) is 5.10 Å². The number of aromatic nitrogens is 2. The number of hydrogen-bond donors (Lipinski definition) is 1. The summed E-state index contributed by atoms with van der Waals surface area (Å²) < 4.78 is 16.1. The molecule has 0 spiro atoms. The lowest BCUT2D eigenvalue weighted by atomic mass is 9.97. The molecular formula is C11H12FIN2O. The van der Waals surface area contributed by atoms with Gasteiger partial charge in [0, 0.05) is 7.05 Å². The number of rotatable bonds is 1. The summed E-state index contributed by atoms with van der Waals surface area (Å²) in [5.41, 5.74) is 0.198. The maximum absolute atomic E-state index is 13.9. The molecule has 1 heterocycles. The van der Waals surface area contributed by atoms with Gasteiger partial charge in [-0.15, -0.1) is 0 Å². The van der Waals surface area contributed by atoms with Gasteiger partial charge in [0.05, 0.1) is 16.5 Å². The van der Waals surface area contributed by atoms with Crippen molar-refractivity contribution in [2.45, 2.75) is 19.4 Å². The average molecular weight is 334 g/mol. The van der Waals surface area contributed by atoms with Gasteiger partial charge in [0.2, 0.25) is 0 Å². The Hall–Kier alpha value is -0.690. The normalized spacial score (nSPS) is 12.4. The van der Waals surface area contributed by atoms with Crippen LogP contribution < -0.4 is 0 Å². The number of fused-ring (bicyclic) bond motifs is 1. The van der Waals surface area contributed by atoms with Gasteiger partial charge in [-0.1, -0.05) is 0 Å². The molecule has 86 valence electrons. The Morgan fingerprint density at radius 1 is 1.44 bits per heavy atom. The molecule has 0 radical (unpaired) electrons. The topological polar surface area (TPSA) is 38.0 Å². The smallest absolute Gasteiger partial charge is 0.135 e. The summed E-state index contributed by atoms with van der Waals surface area (Å²) in [6.45, 7) is 3.27. The van der Waals surface area contributed by atoms with E-state index >= 15 is 0 Å². The third kappa shape index (κ3) is 1.82. The summed E-state index contributed by atoms with van der Waals surface area (Å²) in [5.74, 6) is -0.341. The van der Waals surface area contributed by atoms with Crippen LogP contribution in [0, 0.1) is 9.52 Å². The van der Waals surface area contributed by atoms with E-state index < -0.39 is 5.60 Å². The maximum Gasteiger partial charge on any atom is 0.135 e. The molecule has 1 aromatic heterocycles. The van der Waals surface area contributed by atoms with Gasteiger partial charge in [-0.2, -0.15) is 5.10 Å². The molecule has 0 aliphatic rings. The predicted molar refractivity (Wildman–Crippen MR) is 68.6 cm³/mol. The Morgan fingerprint density at radius 3 is 2.62 bits per heavy atom. The van der Waals surface area contributed by atoms with E-state index in [0.717, 1.165) is 0 Å². The fourth-order valence-corrected chi connectivity index (χ4v) is 2.50. The summed E-state index contributed by atoms with van der Waals surface area (Å²) in [7, 11) is 1.76. The summed E-state index contributed by atoms with van der Waals surface area (Å²) in [4.78, 5) is 0. The van der Waals surface area contributed by atoms with Crippen molar-refractivity contribution in [2.75, 3.05) is 0 Å². The Kier molecular flexibility index (Phi) is 2.70. The highest BCUT2D eigenvalue weighted by Gasteiger charge is 2.20. The molecule has 0 bridgehead atoms. The van der Waals surface area contributed by atoms with Crippen molar-refractivity contribution < 1.29 is 9.50 Å². The minimum Gasteiger partial charge on any atom is -0.386 e. The van der Waals surface area contributed by atoms with E-state index in [0.29, 0.717) is 20.2 Å². The number of nitrogens with zero attached hydrogens (tertiary/aromatic N) is 2. The Morgan fingerprint density at radius 2 is 2.06 bits per heavy atom. The molecule has 1 N–H and O–H groups in total. The van der Waals surface area contributed by atoms with Crippen molar-refractivity contribution in [2.24, 2.45) is 7.05 Å². The fraction of sp³-hybridized carbons (Fsp3) is 0.364. The quantitative estimate of drug-likeness (QED) is 0.814. The molecule has 0 saturated carbocycles. The second kappa shape index (κ2) is 3.66. The third-order valence-electron chi connectivity index (χ3n) is 2.57. The predicted octanol–water partition coefficient (Wildman–Crippen LogP) is 2.54. The second-order valence-electron chi connectivity index (χ2n) is 4.33. The van der Waals surface area contributed by atoms with Gasteiger partial charge >= 0.3 is 0 Å². The van der Waals surface area contributed by atoms with E-state index in [-0.39, 0.29) is 5.82 Å². The number of benzene rings is 1. The summed E-state index contributed by atoms with van der Waals surface area (Å²) in [6.07, 6.45) is 0. The third-order valence-corrected chi connectivity index (χ3v) is 3.32. The molecule has 1 aromatic carbocycles. The van der Waals surface area contributed by atoms with Crippen LogP contribution in [0.1, 0.15) is 19.4 Å². The lowest BCUT2D eigenvalue weighted by Gasteiger charge is -2.18. The highest BCUT2D eigenvalue weighted by molar-refractivity contribution is 14.1. The highest BCUT2D eigenvalue weighted by atomic mass is 127. The SMILES string of the molecule is Cn1nc(I)c2c(F)cc(C(C)(C)O)cc21. The van der Waals surface area contributed by atoms with Crippen molar-refractivity contribution in [3.05, 3.63) is 27.2 Å². The second-order valence-corrected chi connectivity index (χ2v) is 5.35. The lowest BCUT2D eigenvalue weighted by molar-refractivity contribution is 0.0784. The highest BCUT2D eigenvalue weighted by Crippen LogP contribution is 2.29. The van der Waals surface area contributed by atoms with Gasteiger partial charge in [0.25, 0.3) is 0 Å². The largest absolute Gasteiger partial charge is 0.386 e. The van der Waals surface area contributed by atoms with E-state index in [1.807, 2.05) is 22.6 Å². The minimum absolute atomic E-state index is 0.341. The van der Waals surface area contributed by atoms with Crippen LogP contribution >= 0.6 is 22.6 Å². The molecule has 0 unspecified atom stereocenters. The van der Waals surface area contributed by atoms with Crippen molar-refractivity contribution in [3.8, 4) is 0 Å². The zero-order valence-electron chi connectivity index (χ0n) is 9.25. The van der Waals surface area contributed by atoms with Crippen LogP contribution in [0.3, 0.4) is 0 Å². The molecule has 2 aromatic rings. The van der Waals surface area contributed by atoms with Crippen LogP contribution in [0.15, 0.2) is 12.1 Å². The van der Waals surface area contributed by atoms with Crippen LogP contribution in [-0.2, 0) is 12.6 Å². The first-order valence-corrected chi connectivity index (χ1v) is 5.93. The fourth-order valence-electron chi connectivity index (χ4n) is 1.64. The molecule has 0 aliphatic carbocycles. The van der Waals surface area contributed by atoms with Crippen molar-refractivity contribution in [3.63, 3.8) is 0 Å². The molecule has 0 aliphatic heterocycles. The summed E-state index contributed by atoms with van der Waals surface area (Å²) in [6, 6.07) is 3.14. The van der Waals surface area contributed by atoms with Gasteiger partial charge in [-0.3, -0.25) is 4.68 Å². The van der Waals surface area contributed by atoms with Crippen LogP contribution in [0.5, 0.6) is 0 Å². The number of halogens is 2. The van der Waals surface area contributed by atoms with Crippen LogP contribution in [0.4, 0.5) is 4.39 Å². The molecule has 3 nitrogen and oxygen atoms in total. The van der Waals surface area contributed by atoms with Crippen molar-refractivity contribution in [1.29, 1.82) is 0 Å². The van der Waals surface area contributed by atoms with E-state index in [9.17, 15) is 9.50 Å². The standard InChI is InChI=1S/C11H12FIN2O/c1-11(2,16)6-4-7(12)9-8(5-6)15(3)14-10(9)13/h4-5,16H,1-3H3. The van der Waals surface area contributed by atoms with Crippen molar-refractivity contribution >= 4 is 33.5 Å². The van der Waals surface area contributed by atoms with E-state index in [1.165, 1.54) is 6.07 Å². The van der Waals surface area contributed by atoms with Gasteiger partial charge in [0.1, 0.15) is 9.52 Å². The van der Waals surface area contributed by atoms with Crippen LogP contribution in [0.2, 0.25) is 0 Å². The maximum atomic E-state index is 13.9. The van der Waals surface area contributed by atoms with Crippen LogP contribution in [0.25, 0.3) is 10.9 Å². The molecule has 0 fully saturated rings. The zero-order valence-corrected chi connectivity index (χ0v) is 11.4. The lowest BCUT2D eigenvalue weighted by Crippen LogP contribution is -2.15. The Balaban J connectivity index is 2.82. The van der Waals surface area contributed by atoms with Gasteiger partial charge in [-0.05, 0) is 54.1 Å². The molecule has 16 heavy (non-hydrogen) atoms. The minimum atomic E-state index is -1.05. The number of aliphatic hydroxyl groups is 1. The molecule has 5 heteroatoms. The molecular weight excluding hydrogens is 322 g/mol. The molecule has 2 rings (SSSR count). The average Bonchev–Trinajstić information content (AvgIpc) is 2.41. The number of hydrogen-bond acceptors (Lipinski definition) is 2. The van der Waals surface area contributed by atoms with Gasteiger partial charge < -0.3 is 5.11 Å². The zero-order chi connectivity index (χ0) is 12.1. The monoisotopic (exact) mass is 334 g/mol. The van der Waals surface area contributed by atoms with E-state index in [4.69, 9.17) is 0 Å². The summed E-state index contributed by atoms with van der Waals surface area (Å²) >= 11 is 2.00. The number of aryl methyl sites for hydroxylation is 1. The summed E-state index contributed by atoms with van der Waals surface area (Å²) in [5, 5.41) is 14.5. The Bertz CT molecular complexity index is 557. The van der Waals surface area contributed by atoms with Gasteiger partial charge in [-0.25, -0.2) is 4.39 Å². The first kappa shape index (κ1) is 11.8. The first-order chi connectivity index (χ1) is 7.30. The van der Waals surface area contributed by atoms with Crippen LogP contribution in [-0.4, -0.2) is 14.9 Å². The van der Waals surface area contributed by atoms with Gasteiger partial charge in [0.15, 0.2) is 0 Å². The van der Waals surface area contributed by atoms with E-state index in [1.54, 1.807) is 31.6 Å². The molecule has 0 atom stereocenters. The molecule has 0 amide bonds.